The highest BCUT2D eigenvalue weighted by atomic mass is 16.3. The zero-order valence-electron chi connectivity index (χ0n) is 11.4. The molecule has 0 amide bonds. The van der Waals surface area contributed by atoms with Gasteiger partial charge in [-0.1, -0.05) is 57.5 Å². The molecule has 1 aromatic rings. The number of rotatable bonds is 5. The van der Waals surface area contributed by atoms with Gasteiger partial charge in [0.25, 0.3) is 0 Å². The molecule has 0 aliphatic heterocycles. The molecule has 1 atom stereocenters. The van der Waals surface area contributed by atoms with Gasteiger partial charge in [-0.05, 0) is 24.8 Å². The molecule has 1 unspecified atom stereocenters. The van der Waals surface area contributed by atoms with Gasteiger partial charge in [-0.15, -0.1) is 0 Å². The molecule has 2 nitrogen and oxygen atoms in total. The average molecular weight is 237 g/mol. The molecule has 0 aliphatic rings. The normalized spacial score (nSPS) is 13.5. The van der Waals surface area contributed by atoms with E-state index < -0.39 is 5.60 Å². The highest BCUT2D eigenvalue weighted by molar-refractivity contribution is 5.13. The molecular weight excluding hydrogens is 210 g/mol. The number of hydrogen-bond acceptors (Lipinski definition) is 2. The molecule has 0 aromatic heterocycles. The maximum absolute atomic E-state index is 9.50. The van der Waals surface area contributed by atoms with Crippen LogP contribution < -0.4 is 5.73 Å². The number of aryl methyl sites for hydroxylation is 1. The van der Waals surface area contributed by atoms with E-state index >= 15 is 0 Å². The fourth-order valence-corrected chi connectivity index (χ4v) is 1.60. The number of hydrogen-bond donors (Lipinski definition) is 2. The number of aliphatic hydroxyl groups is 1. The van der Waals surface area contributed by atoms with Crippen LogP contribution in [0.3, 0.4) is 0 Å². The highest BCUT2D eigenvalue weighted by Crippen LogP contribution is 2.14. The third-order valence-corrected chi connectivity index (χ3v) is 3.00. The third kappa shape index (κ3) is 7.14. The molecule has 0 fully saturated rings. The van der Waals surface area contributed by atoms with Crippen molar-refractivity contribution in [2.45, 2.75) is 52.1 Å². The Kier molecular flexibility index (Phi) is 8.73. The van der Waals surface area contributed by atoms with E-state index in [1.165, 1.54) is 5.56 Å². The van der Waals surface area contributed by atoms with Crippen LogP contribution in [0, 0.1) is 0 Å². The van der Waals surface area contributed by atoms with Gasteiger partial charge in [-0.2, -0.15) is 0 Å². The minimum Gasteiger partial charge on any atom is -0.389 e. The minimum absolute atomic E-state index is 0.386. The molecule has 0 aliphatic carbocycles. The predicted molar refractivity (Wildman–Crippen MR) is 75.0 cm³/mol. The lowest BCUT2D eigenvalue weighted by molar-refractivity contribution is 0.0357. The van der Waals surface area contributed by atoms with Crippen LogP contribution in [0.2, 0.25) is 0 Å². The topological polar surface area (TPSA) is 46.2 Å². The van der Waals surface area contributed by atoms with E-state index in [4.69, 9.17) is 5.73 Å². The SMILES string of the molecule is CCCC(O)(CC)CN.CCc1ccccc1. The zero-order valence-corrected chi connectivity index (χ0v) is 11.4. The molecule has 3 N–H and O–H groups in total. The Morgan fingerprint density at radius 2 is 1.71 bits per heavy atom. The van der Waals surface area contributed by atoms with Gasteiger partial charge in [-0.25, -0.2) is 0 Å². The fraction of sp³-hybridized carbons (Fsp3) is 0.600. The summed E-state index contributed by atoms with van der Waals surface area (Å²) in [5, 5.41) is 9.50. The van der Waals surface area contributed by atoms with E-state index in [-0.39, 0.29) is 0 Å². The van der Waals surface area contributed by atoms with Gasteiger partial charge in [0.1, 0.15) is 0 Å². The van der Waals surface area contributed by atoms with Crippen molar-refractivity contribution in [2.75, 3.05) is 6.54 Å². The van der Waals surface area contributed by atoms with E-state index in [0.29, 0.717) is 6.54 Å². The van der Waals surface area contributed by atoms with Crippen LogP contribution in [-0.2, 0) is 6.42 Å². The first-order valence-corrected chi connectivity index (χ1v) is 6.58. The van der Waals surface area contributed by atoms with E-state index in [1.54, 1.807) is 0 Å². The molecule has 0 heterocycles. The molecule has 0 bridgehead atoms. The van der Waals surface area contributed by atoms with Crippen molar-refractivity contribution in [3.8, 4) is 0 Å². The summed E-state index contributed by atoms with van der Waals surface area (Å²) in [6.07, 6.45) is 3.72. The molecule has 17 heavy (non-hydrogen) atoms. The summed E-state index contributed by atoms with van der Waals surface area (Å²) in [4.78, 5) is 0. The third-order valence-electron chi connectivity index (χ3n) is 3.00. The van der Waals surface area contributed by atoms with Crippen molar-refractivity contribution in [3.63, 3.8) is 0 Å². The molecule has 0 saturated carbocycles. The molecule has 2 heteroatoms. The quantitative estimate of drug-likeness (QED) is 0.826. The van der Waals surface area contributed by atoms with Crippen molar-refractivity contribution in [1.82, 2.24) is 0 Å². The summed E-state index contributed by atoms with van der Waals surface area (Å²) >= 11 is 0. The Morgan fingerprint density at radius 1 is 1.12 bits per heavy atom. The Labute approximate surface area is 106 Å². The Bertz CT molecular complexity index is 268. The van der Waals surface area contributed by atoms with E-state index in [1.807, 2.05) is 13.0 Å². The van der Waals surface area contributed by atoms with Crippen molar-refractivity contribution in [3.05, 3.63) is 35.9 Å². The summed E-state index contributed by atoms with van der Waals surface area (Å²) in [5.41, 5.74) is 6.17. The van der Waals surface area contributed by atoms with Gasteiger partial charge in [0.2, 0.25) is 0 Å². The van der Waals surface area contributed by atoms with Gasteiger partial charge < -0.3 is 10.8 Å². The molecule has 98 valence electrons. The summed E-state index contributed by atoms with van der Waals surface area (Å²) in [6.45, 7) is 6.56. The molecule has 0 saturated heterocycles. The molecule has 0 spiro atoms. The zero-order chi connectivity index (χ0) is 13.1. The van der Waals surface area contributed by atoms with E-state index in [2.05, 4.69) is 38.1 Å². The first-order valence-electron chi connectivity index (χ1n) is 6.58. The first-order chi connectivity index (χ1) is 8.11. The molecule has 1 aromatic carbocycles. The largest absolute Gasteiger partial charge is 0.389 e. The second-order valence-electron chi connectivity index (χ2n) is 4.37. The average Bonchev–Trinajstić information content (AvgIpc) is 2.40. The monoisotopic (exact) mass is 237 g/mol. The standard InChI is InChI=1S/C8H10.C7H17NO/c1-2-8-6-4-3-5-7-8;1-3-5-7(9,4-2)6-8/h3-7H,2H2,1H3;9H,3-6,8H2,1-2H3. The van der Waals surface area contributed by atoms with Gasteiger partial charge in [0, 0.05) is 6.54 Å². The fourth-order valence-electron chi connectivity index (χ4n) is 1.60. The lowest BCUT2D eigenvalue weighted by Crippen LogP contribution is -2.36. The van der Waals surface area contributed by atoms with Crippen molar-refractivity contribution in [2.24, 2.45) is 5.73 Å². The van der Waals surface area contributed by atoms with Gasteiger partial charge >= 0.3 is 0 Å². The van der Waals surface area contributed by atoms with Crippen molar-refractivity contribution < 1.29 is 5.11 Å². The van der Waals surface area contributed by atoms with Gasteiger partial charge in [0.15, 0.2) is 0 Å². The second-order valence-corrected chi connectivity index (χ2v) is 4.37. The first kappa shape index (κ1) is 16.1. The minimum atomic E-state index is -0.589. The summed E-state index contributed by atoms with van der Waals surface area (Å²) < 4.78 is 0. The summed E-state index contributed by atoms with van der Waals surface area (Å²) in [7, 11) is 0. The van der Waals surface area contributed by atoms with E-state index in [9.17, 15) is 5.11 Å². The Hall–Kier alpha value is -0.860. The highest BCUT2D eigenvalue weighted by Gasteiger charge is 2.20. The maximum Gasteiger partial charge on any atom is 0.0766 e. The van der Waals surface area contributed by atoms with Crippen LogP contribution in [0.25, 0.3) is 0 Å². The summed E-state index contributed by atoms with van der Waals surface area (Å²) in [6, 6.07) is 10.5. The molecule has 0 radical (unpaired) electrons. The number of nitrogens with two attached hydrogens (primary N) is 1. The summed E-state index contributed by atoms with van der Waals surface area (Å²) in [5.74, 6) is 0. The number of benzene rings is 1. The lowest BCUT2D eigenvalue weighted by atomic mass is 9.95. The van der Waals surface area contributed by atoms with Crippen molar-refractivity contribution >= 4 is 0 Å². The van der Waals surface area contributed by atoms with Crippen molar-refractivity contribution in [1.29, 1.82) is 0 Å². The van der Waals surface area contributed by atoms with Crippen LogP contribution in [0.15, 0.2) is 30.3 Å². The van der Waals surface area contributed by atoms with Crippen LogP contribution in [0.5, 0.6) is 0 Å². The van der Waals surface area contributed by atoms with Crippen LogP contribution in [0.1, 0.15) is 45.6 Å². The second kappa shape index (κ2) is 9.20. The Balaban J connectivity index is 0.000000302. The van der Waals surface area contributed by atoms with Gasteiger partial charge in [-0.3, -0.25) is 0 Å². The van der Waals surface area contributed by atoms with E-state index in [0.717, 1.165) is 25.7 Å². The molecular formula is C15H27NO. The molecule has 1 rings (SSSR count). The lowest BCUT2D eigenvalue weighted by Gasteiger charge is -2.23. The smallest absolute Gasteiger partial charge is 0.0766 e. The van der Waals surface area contributed by atoms with Crippen LogP contribution >= 0.6 is 0 Å². The Morgan fingerprint density at radius 3 is 1.94 bits per heavy atom. The van der Waals surface area contributed by atoms with Crippen LogP contribution in [-0.4, -0.2) is 17.3 Å². The van der Waals surface area contributed by atoms with Crippen LogP contribution in [0.4, 0.5) is 0 Å². The maximum atomic E-state index is 9.50. The predicted octanol–water partition coefficient (Wildman–Crippen LogP) is 3.14. The van der Waals surface area contributed by atoms with Gasteiger partial charge in [0.05, 0.1) is 5.60 Å².